The summed E-state index contributed by atoms with van der Waals surface area (Å²) < 4.78 is 0. The summed E-state index contributed by atoms with van der Waals surface area (Å²) in [5.74, 6) is 2.46. The SMILES string of the molecule is CCCCCCCCCCCCSCN1C=CN(C)C1C. The van der Waals surface area contributed by atoms with E-state index in [0.717, 1.165) is 5.88 Å². The fraction of sp³-hybridized carbons (Fsp3) is 0.889. The molecule has 0 N–H and O–H groups in total. The molecule has 1 aliphatic rings. The van der Waals surface area contributed by atoms with Crippen LogP contribution in [0.25, 0.3) is 0 Å². The molecule has 0 aliphatic carbocycles. The second-order valence-corrected chi connectivity index (χ2v) is 7.40. The molecule has 21 heavy (non-hydrogen) atoms. The van der Waals surface area contributed by atoms with E-state index in [1.54, 1.807) is 0 Å². The number of nitrogens with zero attached hydrogens (tertiary/aromatic N) is 2. The fourth-order valence-corrected chi connectivity index (χ4v) is 3.74. The lowest BCUT2D eigenvalue weighted by molar-refractivity contribution is 0.219. The first-order valence-electron chi connectivity index (χ1n) is 8.99. The van der Waals surface area contributed by atoms with Gasteiger partial charge in [-0.15, -0.1) is 11.8 Å². The normalized spacial score (nSPS) is 18.0. The first kappa shape index (κ1) is 18.7. The lowest BCUT2D eigenvalue weighted by atomic mass is 10.1. The van der Waals surface area contributed by atoms with Gasteiger partial charge in [-0.05, 0) is 19.1 Å². The van der Waals surface area contributed by atoms with Gasteiger partial charge in [-0.1, -0.05) is 64.7 Å². The molecule has 1 rings (SSSR count). The molecule has 0 fully saturated rings. The molecule has 1 atom stereocenters. The topological polar surface area (TPSA) is 6.48 Å². The van der Waals surface area contributed by atoms with E-state index in [1.165, 1.54) is 70.0 Å². The van der Waals surface area contributed by atoms with Gasteiger partial charge in [-0.25, -0.2) is 0 Å². The van der Waals surface area contributed by atoms with Gasteiger partial charge in [0.15, 0.2) is 0 Å². The minimum Gasteiger partial charge on any atom is -0.359 e. The van der Waals surface area contributed by atoms with Crippen LogP contribution in [0, 0.1) is 0 Å². The zero-order valence-electron chi connectivity index (χ0n) is 14.5. The first-order valence-corrected chi connectivity index (χ1v) is 10.1. The number of thioether (sulfide) groups is 1. The minimum absolute atomic E-state index is 0.533. The van der Waals surface area contributed by atoms with Crippen LogP contribution in [0.15, 0.2) is 12.4 Å². The quantitative estimate of drug-likeness (QED) is 0.405. The van der Waals surface area contributed by atoms with Crippen molar-refractivity contribution < 1.29 is 0 Å². The van der Waals surface area contributed by atoms with Crippen molar-refractivity contribution in [1.82, 2.24) is 9.80 Å². The maximum atomic E-state index is 2.42. The number of hydrogen-bond donors (Lipinski definition) is 0. The van der Waals surface area contributed by atoms with Crippen LogP contribution < -0.4 is 0 Å². The highest BCUT2D eigenvalue weighted by Gasteiger charge is 2.17. The number of rotatable bonds is 13. The van der Waals surface area contributed by atoms with Crippen molar-refractivity contribution in [3.63, 3.8) is 0 Å². The molecule has 3 heteroatoms. The van der Waals surface area contributed by atoms with Crippen LogP contribution in [-0.4, -0.2) is 34.6 Å². The maximum Gasteiger partial charge on any atom is 0.0982 e. The third-order valence-electron chi connectivity index (χ3n) is 4.45. The molecule has 0 amide bonds. The molecule has 124 valence electrons. The average Bonchev–Trinajstić information content (AvgIpc) is 2.80. The van der Waals surface area contributed by atoms with Crippen LogP contribution in [0.3, 0.4) is 0 Å². The van der Waals surface area contributed by atoms with Crippen LogP contribution in [0.5, 0.6) is 0 Å². The lowest BCUT2D eigenvalue weighted by Crippen LogP contribution is -2.33. The van der Waals surface area contributed by atoms with Gasteiger partial charge in [0.2, 0.25) is 0 Å². The molecule has 1 aliphatic heterocycles. The van der Waals surface area contributed by atoms with Crippen molar-refractivity contribution >= 4 is 11.8 Å². The predicted molar refractivity (Wildman–Crippen MR) is 97.4 cm³/mol. The molecular formula is C18H36N2S. The molecule has 0 aromatic rings. The van der Waals surface area contributed by atoms with Crippen molar-refractivity contribution in [2.75, 3.05) is 18.7 Å². The number of hydrogen-bond acceptors (Lipinski definition) is 3. The standard InChI is InChI=1S/C18H36N2S/c1-4-5-6-7-8-9-10-11-12-13-16-21-17-20-15-14-19(3)18(20)2/h14-15,18H,4-13,16-17H2,1-3H3. The summed E-state index contributed by atoms with van der Waals surface area (Å²) in [6, 6.07) is 0. The zero-order chi connectivity index (χ0) is 15.3. The Morgan fingerprint density at radius 1 is 0.857 bits per heavy atom. The minimum atomic E-state index is 0.533. The van der Waals surface area contributed by atoms with Crippen molar-refractivity contribution in [2.24, 2.45) is 0 Å². The van der Waals surface area contributed by atoms with Gasteiger partial charge in [0, 0.05) is 19.4 Å². The summed E-state index contributed by atoms with van der Waals surface area (Å²) in [5, 5.41) is 0. The summed E-state index contributed by atoms with van der Waals surface area (Å²) in [6.07, 6.45) is 19.2. The molecule has 0 saturated carbocycles. The van der Waals surface area contributed by atoms with E-state index in [4.69, 9.17) is 0 Å². The maximum absolute atomic E-state index is 2.42. The molecule has 2 nitrogen and oxygen atoms in total. The molecule has 0 bridgehead atoms. The van der Waals surface area contributed by atoms with E-state index in [-0.39, 0.29) is 0 Å². The molecule has 0 aromatic carbocycles. The summed E-state index contributed by atoms with van der Waals surface area (Å²) in [5.41, 5.74) is 0. The van der Waals surface area contributed by atoms with Crippen molar-refractivity contribution in [1.29, 1.82) is 0 Å². The third kappa shape index (κ3) is 8.65. The Bertz CT molecular complexity index is 268. The molecular weight excluding hydrogens is 276 g/mol. The average molecular weight is 313 g/mol. The summed E-state index contributed by atoms with van der Waals surface area (Å²) in [7, 11) is 2.15. The molecule has 0 spiro atoms. The Morgan fingerprint density at radius 2 is 1.43 bits per heavy atom. The Balaban J connectivity index is 1.78. The van der Waals surface area contributed by atoms with E-state index in [2.05, 4.69) is 54.9 Å². The highest BCUT2D eigenvalue weighted by atomic mass is 32.2. The highest BCUT2D eigenvalue weighted by Crippen LogP contribution is 2.18. The van der Waals surface area contributed by atoms with Crippen LogP contribution >= 0.6 is 11.8 Å². The van der Waals surface area contributed by atoms with Gasteiger partial charge < -0.3 is 9.80 Å². The largest absolute Gasteiger partial charge is 0.359 e. The Hall–Kier alpha value is -0.310. The number of unbranched alkanes of at least 4 members (excludes halogenated alkanes) is 9. The summed E-state index contributed by atoms with van der Waals surface area (Å²) >= 11 is 2.08. The fourth-order valence-electron chi connectivity index (χ4n) is 2.69. The molecule has 0 aromatic heterocycles. The van der Waals surface area contributed by atoms with E-state index in [1.807, 2.05) is 0 Å². The van der Waals surface area contributed by atoms with Crippen molar-refractivity contribution in [3.8, 4) is 0 Å². The Morgan fingerprint density at radius 3 is 1.95 bits per heavy atom. The first-order chi connectivity index (χ1) is 10.3. The van der Waals surface area contributed by atoms with E-state index in [9.17, 15) is 0 Å². The molecule has 0 saturated heterocycles. The van der Waals surface area contributed by atoms with Gasteiger partial charge in [0.05, 0.1) is 12.0 Å². The van der Waals surface area contributed by atoms with Gasteiger partial charge >= 0.3 is 0 Å². The van der Waals surface area contributed by atoms with Gasteiger partial charge in [0.25, 0.3) is 0 Å². The van der Waals surface area contributed by atoms with E-state index < -0.39 is 0 Å². The van der Waals surface area contributed by atoms with Crippen LogP contribution in [0.2, 0.25) is 0 Å². The van der Waals surface area contributed by atoms with Gasteiger partial charge in [-0.2, -0.15) is 0 Å². The van der Waals surface area contributed by atoms with Crippen LogP contribution in [-0.2, 0) is 0 Å². The van der Waals surface area contributed by atoms with E-state index in [0.29, 0.717) is 6.17 Å². The zero-order valence-corrected chi connectivity index (χ0v) is 15.3. The second-order valence-electron chi connectivity index (χ2n) is 6.33. The monoisotopic (exact) mass is 312 g/mol. The molecule has 1 unspecified atom stereocenters. The summed E-state index contributed by atoms with van der Waals surface area (Å²) in [4.78, 5) is 4.68. The molecule has 1 heterocycles. The van der Waals surface area contributed by atoms with Crippen molar-refractivity contribution in [2.45, 2.75) is 84.2 Å². The third-order valence-corrected chi connectivity index (χ3v) is 5.50. The smallest absolute Gasteiger partial charge is 0.0982 e. The predicted octanol–water partition coefficient (Wildman–Crippen LogP) is 5.66. The van der Waals surface area contributed by atoms with E-state index >= 15 is 0 Å². The lowest BCUT2D eigenvalue weighted by Gasteiger charge is -2.26. The van der Waals surface area contributed by atoms with Crippen molar-refractivity contribution in [3.05, 3.63) is 12.4 Å². The Kier molecular flexibility index (Phi) is 10.9. The highest BCUT2D eigenvalue weighted by molar-refractivity contribution is 7.99. The van der Waals surface area contributed by atoms with Crippen LogP contribution in [0.4, 0.5) is 0 Å². The van der Waals surface area contributed by atoms with Gasteiger partial charge in [0.1, 0.15) is 0 Å². The Labute approximate surface area is 137 Å². The summed E-state index contributed by atoms with van der Waals surface area (Å²) in [6.45, 7) is 4.55. The van der Waals surface area contributed by atoms with Gasteiger partial charge in [-0.3, -0.25) is 0 Å². The van der Waals surface area contributed by atoms with Crippen LogP contribution in [0.1, 0.15) is 78.1 Å². The second kappa shape index (κ2) is 12.3. The molecule has 0 radical (unpaired) electrons.